The number of aryl methyl sites for hydroxylation is 1. The standard InChI is InChI=1S/C25H19FN4O4S/c1-13(2)30-22-9-19(16-8-17(12-28-11-16)34-35(26,32)33)14(3)6-20(22)24(31)23-18-5-4-15(10-27)7-21(18)29-25(23)30/h4-9,11-13,29H,1-3H3. The molecule has 5 aromatic rings. The van der Waals surface area contributed by atoms with Gasteiger partial charge < -0.3 is 13.7 Å². The van der Waals surface area contributed by atoms with Crippen molar-refractivity contribution < 1.29 is 16.5 Å². The van der Waals surface area contributed by atoms with Crippen molar-refractivity contribution in [3.05, 3.63) is 70.1 Å². The fourth-order valence-corrected chi connectivity index (χ4v) is 4.89. The summed E-state index contributed by atoms with van der Waals surface area (Å²) in [6.07, 6.45) is 2.61. The summed E-state index contributed by atoms with van der Waals surface area (Å²) in [5, 5.41) is 11.1. The average Bonchev–Trinajstić information content (AvgIpc) is 3.16. The normalized spacial score (nSPS) is 12.0. The highest BCUT2D eigenvalue weighted by atomic mass is 32.3. The summed E-state index contributed by atoms with van der Waals surface area (Å²) in [4.78, 5) is 21.0. The lowest BCUT2D eigenvalue weighted by molar-refractivity contribution is 0.439. The van der Waals surface area contributed by atoms with Crippen molar-refractivity contribution >= 4 is 43.3 Å². The van der Waals surface area contributed by atoms with Gasteiger partial charge in [0.25, 0.3) is 0 Å². The topological polar surface area (TPSA) is 118 Å². The van der Waals surface area contributed by atoms with Gasteiger partial charge in [-0.25, -0.2) is 0 Å². The maximum atomic E-state index is 13.7. The SMILES string of the molecule is Cc1cc2c(=O)c3c4ccc(C#N)cc4[nH]c3n(C(C)C)c2cc1-c1cncc(OS(=O)(=O)F)c1. The Hall–Kier alpha value is -4.23. The number of hydrogen-bond donors (Lipinski definition) is 1. The number of nitrogens with one attached hydrogen (secondary N) is 1. The number of nitrogens with zero attached hydrogens (tertiary/aromatic N) is 3. The van der Waals surface area contributed by atoms with Crippen LogP contribution in [0.2, 0.25) is 0 Å². The predicted octanol–water partition coefficient (Wildman–Crippen LogP) is 5.05. The third-order valence-corrected chi connectivity index (χ3v) is 6.35. The second-order valence-corrected chi connectivity index (χ2v) is 9.54. The fraction of sp³-hybridized carbons (Fsp3) is 0.160. The van der Waals surface area contributed by atoms with Crippen LogP contribution in [0.25, 0.3) is 44.0 Å². The Morgan fingerprint density at radius 1 is 1.14 bits per heavy atom. The van der Waals surface area contributed by atoms with E-state index in [1.54, 1.807) is 24.3 Å². The monoisotopic (exact) mass is 490 g/mol. The smallest absolute Gasteiger partial charge is 0.357 e. The van der Waals surface area contributed by atoms with E-state index in [1.807, 2.05) is 31.4 Å². The Kier molecular flexibility index (Phi) is 5.11. The van der Waals surface area contributed by atoms with Gasteiger partial charge in [0, 0.05) is 34.1 Å². The van der Waals surface area contributed by atoms with Crippen LogP contribution in [0.15, 0.2) is 53.6 Å². The summed E-state index contributed by atoms with van der Waals surface area (Å²) < 4.78 is 41.2. The van der Waals surface area contributed by atoms with E-state index >= 15 is 0 Å². The van der Waals surface area contributed by atoms with Crippen LogP contribution in [0.5, 0.6) is 5.75 Å². The van der Waals surface area contributed by atoms with E-state index in [0.29, 0.717) is 44.1 Å². The van der Waals surface area contributed by atoms with E-state index < -0.39 is 10.5 Å². The summed E-state index contributed by atoms with van der Waals surface area (Å²) in [7, 11) is -5.20. The minimum Gasteiger partial charge on any atom is -0.357 e. The van der Waals surface area contributed by atoms with Crippen molar-refractivity contribution in [1.82, 2.24) is 14.5 Å². The molecule has 0 saturated heterocycles. The minimum atomic E-state index is -5.20. The van der Waals surface area contributed by atoms with Gasteiger partial charge in [-0.05, 0) is 62.2 Å². The second-order valence-electron chi connectivity index (χ2n) is 8.58. The van der Waals surface area contributed by atoms with E-state index in [4.69, 9.17) is 0 Å². The number of halogens is 1. The Labute approximate surface area is 199 Å². The van der Waals surface area contributed by atoms with Crippen molar-refractivity contribution in [2.45, 2.75) is 26.8 Å². The fourth-order valence-electron chi connectivity index (χ4n) is 4.57. The van der Waals surface area contributed by atoms with Gasteiger partial charge >= 0.3 is 10.5 Å². The first-order valence-electron chi connectivity index (χ1n) is 10.7. The number of nitriles is 1. The Balaban J connectivity index is 1.85. The first kappa shape index (κ1) is 22.6. The summed E-state index contributed by atoms with van der Waals surface area (Å²) in [6, 6.07) is 12.3. The highest BCUT2D eigenvalue weighted by Crippen LogP contribution is 2.34. The lowest BCUT2D eigenvalue weighted by Crippen LogP contribution is -2.13. The highest BCUT2D eigenvalue weighted by molar-refractivity contribution is 7.81. The molecular weight excluding hydrogens is 471 g/mol. The summed E-state index contributed by atoms with van der Waals surface area (Å²) in [5.41, 5.74) is 4.27. The van der Waals surface area contributed by atoms with E-state index in [1.165, 1.54) is 12.3 Å². The van der Waals surface area contributed by atoms with Crippen molar-refractivity contribution in [3.8, 4) is 22.9 Å². The molecule has 2 aromatic carbocycles. The van der Waals surface area contributed by atoms with Crippen molar-refractivity contribution in [2.75, 3.05) is 0 Å². The van der Waals surface area contributed by atoms with Crippen LogP contribution in [0.4, 0.5) is 3.89 Å². The van der Waals surface area contributed by atoms with E-state index in [0.717, 1.165) is 17.1 Å². The third kappa shape index (κ3) is 3.80. The van der Waals surface area contributed by atoms with Gasteiger partial charge in [0.15, 0.2) is 11.2 Å². The maximum Gasteiger partial charge on any atom is 0.488 e. The first-order valence-corrected chi connectivity index (χ1v) is 12.0. The van der Waals surface area contributed by atoms with Crippen LogP contribution >= 0.6 is 0 Å². The third-order valence-electron chi connectivity index (χ3n) is 5.96. The molecule has 8 nitrogen and oxygen atoms in total. The Bertz CT molecular complexity index is 1880. The second kappa shape index (κ2) is 7.92. The zero-order valence-electron chi connectivity index (χ0n) is 19.0. The van der Waals surface area contributed by atoms with Gasteiger partial charge in [0.05, 0.1) is 28.7 Å². The molecule has 176 valence electrons. The largest absolute Gasteiger partial charge is 0.488 e. The maximum absolute atomic E-state index is 13.7. The molecule has 3 heterocycles. The van der Waals surface area contributed by atoms with Gasteiger partial charge in [-0.3, -0.25) is 9.78 Å². The quantitative estimate of drug-likeness (QED) is 0.352. The van der Waals surface area contributed by atoms with E-state index in [-0.39, 0.29) is 17.2 Å². The number of rotatable bonds is 4. The molecule has 35 heavy (non-hydrogen) atoms. The number of pyridine rings is 2. The zero-order chi connectivity index (χ0) is 25.1. The minimum absolute atomic E-state index is 0.0378. The van der Waals surface area contributed by atoms with Crippen LogP contribution in [0.1, 0.15) is 31.0 Å². The molecule has 5 rings (SSSR count). The number of aromatic nitrogens is 3. The van der Waals surface area contributed by atoms with Crippen molar-refractivity contribution in [1.29, 1.82) is 5.26 Å². The Morgan fingerprint density at radius 3 is 2.60 bits per heavy atom. The number of aromatic amines is 1. The molecule has 1 N–H and O–H groups in total. The molecule has 0 aliphatic rings. The van der Waals surface area contributed by atoms with Gasteiger partial charge in [-0.15, -0.1) is 0 Å². The molecular formula is C25H19FN4O4S. The van der Waals surface area contributed by atoms with Gasteiger partial charge in [0.1, 0.15) is 5.65 Å². The lowest BCUT2D eigenvalue weighted by atomic mass is 9.98. The van der Waals surface area contributed by atoms with Crippen LogP contribution in [0, 0.1) is 18.3 Å². The van der Waals surface area contributed by atoms with Crippen LogP contribution in [-0.2, 0) is 10.5 Å². The van der Waals surface area contributed by atoms with Crippen LogP contribution < -0.4 is 9.61 Å². The molecule has 0 bridgehead atoms. The van der Waals surface area contributed by atoms with Gasteiger partial charge in [-0.2, -0.15) is 13.7 Å². The lowest BCUT2D eigenvalue weighted by Gasteiger charge is -2.18. The number of benzene rings is 2. The molecule has 0 radical (unpaired) electrons. The molecule has 0 spiro atoms. The molecule has 0 aliphatic carbocycles. The summed E-state index contributed by atoms with van der Waals surface area (Å²) in [6.45, 7) is 5.82. The summed E-state index contributed by atoms with van der Waals surface area (Å²) >= 11 is 0. The zero-order valence-corrected chi connectivity index (χ0v) is 19.8. The molecule has 0 atom stereocenters. The molecule has 10 heteroatoms. The molecule has 0 saturated carbocycles. The van der Waals surface area contributed by atoms with E-state index in [9.17, 15) is 22.4 Å². The molecule has 3 aromatic heterocycles. The molecule has 0 unspecified atom stereocenters. The Morgan fingerprint density at radius 2 is 1.91 bits per heavy atom. The predicted molar refractivity (Wildman–Crippen MR) is 131 cm³/mol. The van der Waals surface area contributed by atoms with Gasteiger partial charge in [0.2, 0.25) is 0 Å². The van der Waals surface area contributed by atoms with Crippen molar-refractivity contribution in [2.24, 2.45) is 0 Å². The van der Waals surface area contributed by atoms with Crippen LogP contribution in [-0.4, -0.2) is 23.0 Å². The van der Waals surface area contributed by atoms with Gasteiger partial charge in [-0.1, -0.05) is 9.95 Å². The molecule has 0 amide bonds. The molecule has 0 fully saturated rings. The molecule has 0 aliphatic heterocycles. The number of hydrogen-bond acceptors (Lipinski definition) is 6. The van der Waals surface area contributed by atoms with Crippen LogP contribution in [0.3, 0.4) is 0 Å². The summed E-state index contributed by atoms with van der Waals surface area (Å²) in [5.74, 6) is -0.259. The highest BCUT2D eigenvalue weighted by Gasteiger charge is 2.20. The average molecular weight is 491 g/mol. The number of H-pyrrole nitrogens is 1. The van der Waals surface area contributed by atoms with Crippen molar-refractivity contribution in [3.63, 3.8) is 0 Å². The number of fused-ring (bicyclic) bond motifs is 4. The first-order chi connectivity index (χ1) is 16.6. The van der Waals surface area contributed by atoms with E-state index in [2.05, 4.69) is 20.2 Å².